The normalized spacial score (nSPS) is 12.8. The van der Waals surface area contributed by atoms with Crippen LogP contribution in [-0.2, 0) is 13.1 Å². The third kappa shape index (κ3) is 4.12. The summed E-state index contributed by atoms with van der Waals surface area (Å²) < 4.78 is 24.2. The van der Waals surface area contributed by atoms with Crippen molar-refractivity contribution in [3.05, 3.63) is 65.2 Å². The molecule has 25 heavy (non-hydrogen) atoms. The van der Waals surface area contributed by atoms with E-state index >= 15 is 0 Å². The van der Waals surface area contributed by atoms with Gasteiger partial charge in [0.2, 0.25) is 0 Å². The van der Waals surface area contributed by atoms with Crippen molar-refractivity contribution in [2.75, 3.05) is 11.9 Å². The fourth-order valence-corrected chi connectivity index (χ4v) is 2.66. The summed E-state index contributed by atoms with van der Waals surface area (Å²) in [4.78, 5) is 25.7. The molecule has 2 N–H and O–H groups in total. The molecule has 3 amide bonds. The molecule has 0 aliphatic carbocycles. The van der Waals surface area contributed by atoms with Crippen molar-refractivity contribution >= 4 is 17.6 Å². The number of carbonyl (C=O) groups is 2. The molecular formula is C18H17F2N3O2. The Morgan fingerprint density at radius 3 is 2.16 bits per heavy atom. The highest BCUT2D eigenvalue weighted by Gasteiger charge is 2.22. The minimum Gasteiger partial charge on any atom is -0.346 e. The molecule has 1 aliphatic heterocycles. The number of hydrogen-bond acceptors (Lipinski definition) is 2. The summed E-state index contributed by atoms with van der Waals surface area (Å²) in [6, 6.07) is 13.7. The maximum Gasteiger partial charge on any atom is 0.322 e. The van der Waals surface area contributed by atoms with Gasteiger partial charge in [-0.15, -0.1) is 0 Å². The maximum absolute atomic E-state index is 12.3. The van der Waals surface area contributed by atoms with Crippen LogP contribution in [0.5, 0.6) is 0 Å². The molecule has 0 saturated carbocycles. The highest BCUT2D eigenvalue weighted by Crippen LogP contribution is 2.23. The van der Waals surface area contributed by atoms with E-state index in [-0.39, 0.29) is 11.6 Å². The van der Waals surface area contributed by atoms with Gasteiger partial charge >= 0.3 is 6.03 Å². The fraction of sp³-hybridized carbons (Fsp3) is 0.222. The first kappa shape index (κ1) is 16.9. The zero-order valence-electron chi connectivity index (χ0n) is 13.3. The van der Waals surface area contributed by atoms with Crippen LogP contribution >= 0.6 is 0 Å². The third-order valence-corrected chi connectivity index (χ3v) is 3.94. The number of nitrogens with one attached hydrogen (secondary N) is 2. The highest BCUT2D eigenvalue weighted by atomic mass is 19.3. The standard InChI is InChI=1S/C18H17F2N3O2/c19-16(20)9-21-17(24)12-5-7-15(8-6-12)22-18(25)23-10-13-3-1-2-4-14(13)11-23/h1-8,16H,9-11H2,(H,21,24)(H,22,25). The van der Waals surface area contributed by atoms with Gasteiger partial charge in [0.1, 0.15) is 0 Å². The first-order chi connectivity index (χ1) is 12.0. The number of nitrogens with zero attached hydrogens (tertiary/aromatic N) is 1. The number of fused-ring (bicyclic) bond motifs is 1. The third-order valence-electron chi connectivity index (χ3n) is 3.94. The quantitative estimate of drug-likeness (QED) is 0.894. The molecule has 1 aliphatic rings. The van der Waals surface area contributed by atoms with Gasteiger partial charge in [-0.05, 0) is 35.4 Å². The zero-order valence-corrected chi connectivity index (χ0v) is 13.3. The van der Waals surface area contributed by atoms with Crippen molar-refractivity contribution in [3.63, 3.8) is 0 Å². The van der Waals surface area contributed by atoms with Crippen LogP contribution in [0.15, 0.2) is 48.5 Å². The summed E-state index contributed by atoms with van der Waals surface area (Å²) >= 11 is 0. The SMILES string of the molecule is O=C(NCC(F)F)c1ccc(NC(=O)N2Cc3ccccc3C2)cc1. The van der Waals surface area contributed by atoms with Gasteiger partial charge in [-0.3, -0.25) is 4.79 Å². The van der Waals surface area contributed by atoms with E-state index in [9.17, 15) is 18.4 Å². The number of hydrogen-bond donors (Lipinski definition) is 2. The lowest BCUT2D eigenvalue weighted by Gasteiger charge is -2.16. The minimum atomic E-state index is -2.59. The molecule has 2 aromatic carbocycles. The Bertz CT molecular complexity index is 753. The fourth-order valence-electron chi connectivity index (χ4n) is 2.66. The van der Waals surface area contributed by atoms with Crippen molar-refractivity contribution < 1.29 is 18.4 Å². The largest absolute Gasteiger partial charge is 0.346 e. The molecule has 0 saturated heterocycles. The van der Waals surface area contributed by atoms with E-state index in [1.54, 1.807) is 17.0 Å². The second kappa shape index (κ2) is 7.29. The van der Waals surface area contributed by atoms with Crippen LogP contribution in [0.3, 0.4) is 0 Å². The molecule has 130 valence electrons. The lowest BCUT2D eigenvalue weighted by Crippen LogP contribution is -2.30. The van der Waals surface area contributed by atoms with Gasteiger partial charge in [0.15, 0.2) is 0 Å². The van der Waals surface area contributed by atoms with Crippen LogP contribution in [-0.4, -0.2) is 29.8 Å². The number of carbonyl (C=O) groups excluding carboxylic acids is 2. The summed E-state index contributed by atoms with van der Waals surface area (Å²) in [7, 11) is 0. The van der Waals surface area contributed by atoms with Crippen LogP contribution in [0, 0.1) is 0 Å². The van der Waals surface area contributed by atoms with Crippen molar-refractivity contribution in [2.45, 2.75) is 19.5 Å². The van der Waals surface area contributed by atoms with Gasteiger partial charge < -0.3 is 15.5 Å². The highest BCUT2D eigenvalue weighted by molar-refractivity contribution is 5.95. The Morgan fingerprint density at radius 2 is 1.60 bits per heavy atom. The van der Waals surface area contributed by atoms with Gasteiger partial charge in [0, 0.05) is 24.3 Å². The predicted octanol–water partition coefficient (Wildman–Crippen LogP) is 3.23. The number of halogens is 2. The van der Waals surface area contributed by atoms with E-state index in [0.717, 1.165) is 11.1 Å². The van der Waals surface area contributed by atoms with Crippen LogP contribution < -0.4 is 10.6 Å². The Balaban J connectivity index is 1.57. The number of alkyl halides is 2. The summed E-state index contributed by atoms with van der Waals surface area (Å²) in [5.41, 5.74) is 3.05. The van der Waals surface area contributed by atoms with Crippen molar-refractivity contribution in [2.24, 2.45) is 0 Å². The van der Waals surface area contributed by atoms with Crippen molar-refractivity contribution in [3.8, 4) is 0 Å². The summed E-state index contributed by atoms with van der Waals surface area (Å²) in [6.07, 6.45) is -2.59. The lowest BCUT2D eigenvalue weighted by atomic mass is 10.1. The number of rotatable bonds is 4. The molecule has 0 fully saturated rings. The Morgan fingerprint density at radius 1 is 1.00 bits per heavy atom. The number of benzene rings is 2. The molecule has 1 heterocycles. The monoisotopic (exact) mass is 345 g/mol. The van der Waals surface area contributed by atoms with E-state index < -0.39 is 18.9 Å². The molecular weight excluding hydrogens is 328 g/mol. The number of anilines is 1. The first-order valence-corrected chi connectivity index (χ1v) is 7.82. The smallest absolute Gasteiger partial charge is 0.322 e. The van der Waals surface area contributed by atoms with Crippen molar-refractivity contribution in [1.82, 2.24) is 10.2 Å². The van der Waals surface area contributed by atoms with E-state index in [2.05, 4.69) is 10.6 Å². The Hall–Kier alpha value is -2.96. The van der Waals surface area contributed by atoms with Gasteiger partial charge in [-0.25, -0.2) is 13.6 Å². The molecule has 0 spiro atoms. The van der Waals surface area contributed by atoms with Gasteiger partial charge in [0.05, 0.1) is 6.54 Å². The van der Waals surface area contributed by atoms with Gasteiger partial charge in [-0.1, -0.05) is 24.3 Å². The van der Waals surface area contributed by atoms with Crippen LogP contribution in [0.2, 0.25) is 0 Å². The zero-order chi connectivity index (χ0) is 17.8. The molecule has 0 radical (unpaired) electrons. The van der Waals surface area contributed by atoms with E-state index in [4.69, 9.17) is 0 Å². The topological polar surface area (TPSA) is 61.4 Å². The van der Waals surface area contributed by atoms with Crippen LogP contribution in [0.25, 0.3) is 0 Å². The van der Waals surface area contributed by atoms with E-state index in [1.807, 2.05) is 24.3 Å². The second-order valence-electron chi connectivity index (χ2n) is 5.73. The average Bonchev–Trinajstić information content (AvgIpc) is 3.04. The lowest BCUT2D eigenvalue weighted by molar-refractivity contribution is 0.0891. The molecule has 5 nitrogen and oxygen atoms in total. The van der Waals surface area contributed by atoms with Gasteiger partial charge in [0.25, 0.3) is 12.3 Å². The Labute approximate surface area is 143 Å². The van der Waals surface area contributed by atoms with Crippen LogP contribution in [0.4, 0.5) is 19.3 Å². The summed E-state index contributed by atoms with van der Waals surface area (Å²) in [5.74, 6) is -0.576. The minimum absolute atomic E-state index is 0.230. The summed E-state index contributed by atoms with van der Waals surface area (Å²) in [6.45, 7) is 0.416. The maximum atomic E-state index is 12.3. The Kier molecular flexibility index (Phi) is 4.92. The molecule has 7 heteroatoms. The molecule has 0 aromatic heterocycles. The average molecular weight is 345 g/mol. The second-order valence-corrected chi connectivity index (χ2v) is 5.73. The predicted molar refractivity (Wildman–Crippen MR) is 89.5 cm³/mol. The van der Waals surface area contributed by atoms with Crippen LogP contribution in [0.1, 0.15) is 21.5 Å². The molecule has 2 aromatic rings. The first-order valence-electron chi connectivity index (χ1n) is 7.82. The molecule has 0 bridgehead atoms. The summed E-state index contributed by atoms with van der Waals surface area (Å²) in [5, 5.41) is 4.90. The van der Waals surface area contributed by atoms with Gasteiger partial charge in [-0.2, -0.15) is 0 Å². The molecule has 0 atom stereocenters. The van der Waals surface area contributed by atoms with E-state index in [1.165, 1.54) is 12.1 Å². The molecule has 0 unspecified atom stereocenters. The number of amides is 3. The molecule has 3 rings (SSSR count). The van der Waals surface area contributed by atoms with Crippen molar-refractivity contribution in [1.29, 1.82) is 0 Å². The number of urea groups is 1. The van der Waals surface area contributed by atoms with E-state index in [0.29, 0.717) is 18.8 Å².